The van der Waals surface area contributed by atoms with Crippen LogP contribution < -0.4 is 10.6 Å². The number of para-hydroxylation sites is 1. The van der Waals surface area contributed by atoms with Crippen molar-refractivity contribution in [3.05, 3.63) is 48.2 Å². The highest BCUT2D eigenvalue weighted by atomic mass is 16.6. The van der Waals surface area contributed by atoms with Crippen molar-refractivity contribution in [3.63, 3.8) is 0 Å². The molecule has 1 aromatic heterocycles. The molecule has 2 rings (SSSR count). The van der Waals surface area contributed by atoms with Gasteiger partial charge >= 0.3 is 6.09 Å². The fourth-order valence-corrected chi connectivity index (χ4v) is 2.22. The summed E-state index contributed by atoms with van der Waals surface area (Å²) in [5.41, 5.74) is 2.33. The van der Waals surface area contributed by atoms with Crippen LogP contribution in [0.5, 0.6) is 0 Å². The summed E-state index contributed by atoms with van der Waals surface area (Å²) in [5.74, 6) is 1.14. The molecule has 5 nitrogen and oxygen atoms in total. The van der Waals surface area contributed by atoms with Crippen LogP contribution in [0.3, 0.4) is 0 Å². The van der Waals surface area contributed by atoms with Gasteiger partial charge in [-0.15, -0.1) is 0 Å². The number of ether oxygens (including phenoxy) is 1. The van der Waals surface area contributed by atoms with Crippen LogP contribution in [0.15, 0.2) is 42.6 Å². The zero-order valence-electron chi connectivity index (χ0n) is 14.9. The Labute approximate surface area is 143 Å². The van der Waals surface area contributed by atoms with Crippen LogP contribution in [0, 0.1) is 0 Å². The third kappa shape index (κ3) is 5.26. The molecule has 128 valence electrons. The summed E-state index contributed by atoms with van der Waals surface area (Å²) in [6.45, 7) is 9.78. The van der Waals surface area contributed by atoms with Gasteiger partial charge < -0.3 is 10.1 Å². The fourth-order valence-electron chi connectivity index (χ4n) is 2.22. The molecule has 0 unspecified atom stereocenters. The average Bonchev–Trinajstić information content (AvgIpc) is 2.47. The van der Waals surface area contributed by atoms with Gasteiger partial charge in [0.05, 0.1) is 11.9 Å². The van der Waals surface area contributed by atoms with Crippen molar-refractivity contribution in [2.75, 3.05) is 10.6 Å². The Kier molecular flexibility index (Phi) is 5.44. The largest absolute Gasteiger partial charge is 0.444 e. The first-order valence-corrected chi connectivity index (χ1v) is 8.06. The lowest BCUT2D eigenvalue weighted by Crippen LogP contribution is -2.27. The molecule has 5 heteroatoms. The molecule has 0 saturated carbocycles. The van der Waals surface area contributed by atoms with Crippen LogP contribution in [-0.2, 0) is 4.74 Å². The van der Waals surface area contributed by atoms with Gasteiger partial charge in [0, 0.05) is 5.69 Å². The van der Waals surface area contributed by atoms with Crippen molar-refractivity contribution in [2.24, 2.45) is 0 Å². The van der Waals surface area contributed by atoms with Gasteiger partial charge in [-0.25, -0.2) is 9.78 Å². The van der Waals surface area contributed by atoms with Crippen molar-refractivity contribution >= 4 is 23.3 Å². The van der Waals surface area contributed by atoms with Crippen LogP contribution >= 0.6 is 0 Å². The van der Waals surface area contributed by atoms with E-state index in [4.69, 9.17) is 4.74 Å². The van der Waals surface area contributed by atoms with E-state index < -0.39 is 11.7 Å². The Morgan fingerprint density at radius 3 is 2.42 bits per heavy atom. The van der Waals surface area contributed by atoms with Gasteiger partial charge in [0.25, 0.3) is 0 Å². The molecular formula is C19H25N3O2. The molecule has 0 aliphatic heterocycles. The van der Waals surface area contributed by atoms with Crippen LogP contribution in [0.4, 0.5) is 22.0 Å². The molecule has 0 saturated heterocycles. The summed E-state index contributed by atoms with van der Waals surface area (Å²) in [4.78, 5) is 16.1. The zero-order chi connectivity index (χ0) is 17.7. The summed E-state index contributed by atoms with van der Waals surface area (Å²) in [6, 6.07) is 11.8. The third-order valence-corrected chi connectivity index (χ3v) is 3.25. The summed E-state index contributed by atoms with van der Waals surface area (Å²) in [7, 11) is 0. The molecule has 1 aromatic carbocycles. The second kappa shape index (κ2) is 7.34. The van der Waals surface area contributed by atoms with E-state index in [0.717, 1.165) is 11.5 Å². The highest BCUT2D eigenvalue weighted by molar-refractivity contribution is 5.84. The minimum Gasteiger partial charge on any atom is -0.444 e. The van der Waals surface area contributed by atoms with E-state index in [1.54, 1.807) is 12.3 Å². The minimum absolute atomic E-state index is 0.418. The lowest BCUT2D eigenvalue weighted by Gasteiger charge is -2.19. The number of hydrogen-bond donors (Lipinski definition) is 2. The number of benzene rings is 1. The molecule has 0 spiro atoms. The van der Waals surface area contributed by atoms with Crippen molar-refractivity contribution in [3.8, 4) is 0 Å². The zero-order valence-corrected chi connectivity index (χ0v) is 14.9. The Hall–Kier alpha value is -2.56. The Morgan fingerprint density at radius 2 is 1.83 bits per heavy atom. The number of hydrogen-bond acceptors (Lipinski definition) is 4. The maximum absolute atomic E-state index is 11.7. The molecule has 2 aromatic rings. The lowest BCUT2D eigenvalue weighted by molar-refractivity contribution is 0.0636. The van der Waals surface area contributed by atoms with Crippen LogP contribution in [0.1, 0.15) is 46.1 Å². The number of anilines is 3. The summed E-state index contributed by atoms with van der Waals surface area (Å²) in [6.07, 6.45) is 1.11. The molecule has 0 fully saturated rings. The van der Waals surface area contributed by atoms with Gasteiger partial charge in [0.1, 0.15) is 11.4 Å². The highest BCUT2D eigenvalue weighted by Gasteiger charge is 2.16. The van der Waals surface area contributed by atoms with Gasteiger partial charge in [-0.2, -0.15) is 0 Å². The van der Waals surface area contributed by atoms with Crippen molar-refractivity contribution in [1.82, 2.24) is 4.98 Å². The number of aromatic nitrogens is 1. The van der Waals surface area contributed by atoms with E-state index in [1.165, 1.54) is 5.56 Å². The summed E-state index contributed by atoms with van der Waals surface area (Å²) < 4.78 is 5.22. The maximum atomic E-state index is 11.7. The van der Waals surface area contributed by atoms with Crippen LogP contribution in [0.25, 0.3) is 0 Å². The first-order valence-electron chi connectivity index (χ1n) is 8.06. The molecule has 1 amide bonds. The molecule has 0 aliphatic rings. The molecule has 2 N–H and O–H groups in total. The molecule has 1 heterocycles. The van der Waals surface area contributed by atoms with Crippen molar-refractivity contribution in [1.29, 1.82) is 0 Å². The second-order valence-electron chi connectivity index (χ2n) is 6.93. The smallest absolute Gasteiger partial charge is 0.412 e. The number of nitrogens with one attached hydrogen (secondary N) is 2. The fraction of sp³-hybridized carbons (Fsp3) is 0.368. The number of pyridine rings is 1. The Bertz CT molecular complexity index is 689. The van der Waals surface area contributed by atoms with Crippen LogP contribution in [-0.4, -0.2) is 16.7 Å². The lowest BCUT2D eigenvalue weighted by atomic mass is 10.0. The molecule has 0 atom stereocenters. The monoisotopic (exact) mass is 327 g/mol. The minimum atomic E-state index is -0.528. The summed E-state index contributed by atoms with van der Waals surface area (Å²) >= 11 is 0. The van der Waals surface area contributed by atoms with Crippen LogP contribution in [0.2, 0.25) is 0 Å². The van der Waals surface area contributed by atoms with Gasteiger partial charge in [-0.1, -0.05) is 32.0 Å². The first-order chi connectivity index (χ1) is 11.2. The number of rotatable bonds is 4. The number of carbonyl (C=O) groups excluding carboxylic acids is 1. The van der Waals surface area contributed by atoms with E-state index >= 15 is 0 Å². The topological polar surface area (TPSA) is 63.2 Å². The van der Waals surface area contributed by atoms with E-state index in [2.05, 4.69) is 35.5 Å². The van der Waals surface area contributed by atoms with Crippen molar-refractivity contribution in [2.45, 2.75) is 46.1 Å². The molecular weight excluding hydrogens is 302 g/mol. The van der Waals surface area contributed by atoms with Gasteiger partial charge in [-0.05, 0) is 50.5 Å². The third-order valence-electron chi connectivity index (χ3n) is 3.25. The summed E-state index contributed by atoms with van der Waals surface area (Å²) in [5, 5.41) is 5.99. The number of nitrogens with zero attached hydrogens (tertiary/aromatic N) is 1. The highest BCUT2D eigenvalue weighted by Crippen LogP contribution is 2.26. The normalized spacial score (nSPS) is 11.2. The van der Waals surface area contributed by atoms with E-state index in [-0.39, 0.29) is 0 Å². The predicted octanol–water partition coefficient (Wildman–Crippen LogP) is 5.30. The van der Waals surface area contributed by atoms with E-state index in [0.29, 0.717) is 11.6 Å². The second-order valence-corrected chi connectivity index (χ2v) is 6.93. The average molecular weight is 327 g/mol. The van der Waals surface area contributed by atoms with Gasteiger partial charge in [0.15, 0.2) is 0 Å². The predicted molar refractivity (Wildman–Crippen MR) is 97.9 cm³/mol. The standard InChI is InChI=1S/C19H25N3O2/c1-13(2)15-8-6-7-9-16(15)22-17-11-10-14(12-20-17)21-18(23)24-19(3,4)5/h6-13H,1-5H3,(H,20,22)(H,21,23). The molecule has 0 radical (unpaired) electrons. The molecule has 0 aliphatic carbocycles. The number of amides is 1. The first kappa shape index (κ1) is 17.8. The Morgan fingerprint density at radius 1 is 1.12 bits per heavy atom. The van der Waals surface area contributed by atoms with Gasteiger partial charge in [0.2, 0.25) is 0 Å². The quantitative estimate of drug-likeness (QED) is 0.800. The SMILES string of the molecule is CC(C)c1ccccc1Nc1ccc(NC(=O)OC(C)(C)C)cn1. The Balaban J connectivity index is 2.04. The number of carbonyl (C=O) groups is 1. The van der Waals surface area contributed by atoms with Gasteiger partial charge in [-0.3, -0.25) is 5.32 Å². The van der Waals surface area contributed by atoms with E-state index in [9.17, 15) is 4.79 Å². The van der Waals surface area contributed by atoms with E-state index in [1.807, 2.05) is 45.0 Å². The maximum Gasteiger partial charge on any atom is 0.412 e. The molecule has 0 bridgehead atoms. The van der Waals surface area contributed by atoms with Crippen molar-refractivity contribution < 1.29 is 9.53 Å². The molecule has 24 heavy (non-hydrogen) atoms.